The predicted octanol–water partition coefficient (Wildman–Crippen LogP) is 2.36. The van der Waals surface area contributed by atoms with E-state index in [-0.39, 0.29) is 5.92 Å². The predicted molar refractivity (Wildman–Crippen MR) is 71.2 cm³/mol. The van der Waals surface area contributed by atoms with Gasteiger partial charge in [-0.05, 0) is 19.9 Å². The lowest BCUT2D eigenvalue weighted by molar-refractivity contribution is 0.197. The Morgan fingerprint density at radius 3 is 2.89 bits per heavy atom. The van der Waals surface area contributed by atoms with Crippen LogP contribution in [0.2, 0.25) is 0 Å². The molecule has 2 aromatic rings. The van der Waals surface area contributed by atoms with Gasteiger partial charge in [-0.1, -0.05) is 18.2 Å². The maximum absolute atomic E-state index is 9.61. The summed E-state index contributed by atoms with van der Waals surface area (Å²) in [5.41, 5.74) is 2.73. The van der Waals surface area contributed by atoms with E-state index in [1.165, 1.54) is 0 Å². The van der Waals surface area contributed by atoms with E-state index >= 15 is 0 Å². The molecule has 4 heteroatoms. The quantitative estimate of drug-likeness (QED) is 0.896. The van der Waals surface area contributed by atoms with E-state index in [4.69, 9.17) is 4.74 Å². The maximum atomic E-state index is 9.61. The lowest BCUT2D eigenvalue weighted by Gasteiger charge is -2.12. The monoisotopic (exact) mass is 256 g/mol. The summed E-state index contributed by atoms with van der Waals surface area (Å²) < 4.78 is 5.65. The molecule has 0 aliphatic carbocycles. The number of aromatic nitrogens is 2. The Labute approximate surface area is 112 Å². The topological polar surface area (TPSA) is 55.2 Å². The van der Waals surface area contributed by atoms with E-state index < -0.39 is 6.10 Å². The second kappa shape index (κ2) is 4.63. The summed E-state index contributed by atoms with van der Waals surface area (Å²) in [5, 5.41) is 9.61. The van der Waals surface area contributed by atoms with Gasteiger partial charge >= 0.3 is 0 Å². The molecule has 1 aliphatic rings. The van der Waals surface area contributed by atoms with E-state index in [9.17, 15) is 5.11 Å². The normalized spacial score (nSPS) is 18.8. The summed E-state index contributed by atoms with van der Waals surface area (Å²) in [7, 11) is 0. The van der Waals surface area contributed by atoms with Crippen LogP contribution in [0.3, 0.4) is 0 Å². The molecule has 0 radical (unpaired) electrons. The fourth-order valence-electron chi connectivity index (χ4n) is 2.45. The maximum Gasteiger partial charge on any atom is 0.139 e. The van der Waals surface area contributed by atoms with Crippen LogP contribution in [-0.4, -0.2) is 21.7 Å². The number of aliphatic hydroxyl groups is 1. The summed E-state index contributed by atoms with van der Waals surface area (Å²) in [5.74, 6) is 1.75. The number of rotatable bonds is 2. The molecule has 1 N–H and O–H groups in total. The molecule has 2 atom stereocenters. The zero-order chi connectivity index (χ0) is 13.4. The van der Waals surface area contributed by atoms with Crippen LogP contribution in [0.15, 0.2) is 30.5 Å². The second-order valence-corrected chi connectivity index (χ2v) is 4.85. The molecule has 0 spiro atoms. The van der Waals surface area contributed by atoms with Crippen molar-refractivity contribution in [2.45, 2.75) is 25.9 Å². The summed E-state index contributed by atoms with van der Waals surface area (Å²) in [6.07, 6.45) is 1.17. The standard InChI is InChI=1S/C15H16N2O2/c1-9-12(10(2)18)7-16-15(17-9)13-8-19-14-6-4-3-5-11(13)14/h3-7,10,13,18H,8H2,1-2H3. The van der Waals surface area contributed by atoms with E-state index in [2.05, 4.69) is 9.97 Å². The summed E-state index contributed by atoms with van der Waals surface area (Å²) in [6.45, 7) is 4.20. The Morgan fingerprint density at radius 1 is 1.37 bits per heavy atom. The van der Waals surface area contributed by atoms with Gasteiger partial charge in [-0.15, -0.1) is 0 Å². The fraction of sp³-hybridized carbons (Fsp3) is 0.333. The second-order valence-electron chi connectivity index (χ2n) is 4.85. The van der Waals surface area contributed by atoms with Gasteiger partial charge in [-0.2, -0.15) is 0 Å². The lowest BCUT2D eigenvalue weighted by Crippen LogP contribution is -2.10. The van der Waals surface area contributed by atoms with Crippen LogP contribution >= 0.6 is 0 Å². The van der Waals surface area contributed by atoms with Gasteiger partial charge in [0.15, 0.2) is 0 Å². The largest absolute Gasteiger partial charge is 0.492 e. The Morgan fingerprint density at radius 2 is 2.16 bits per heavy atom. The third-order valence-corrected chi connectivity index (χ3v) is 3.50. The highest BCUT2D eigenvalue weighted by molar-refractivity contribution is 5.43. The molecule has 2 heterocycles. The van der Waals surface area contributed by atoms with Crippen molar-refractivity contribution in [3.63, 3.8) is 0 Å². The third kappa shape index (κ3) is 2.08. The van der Waals surface area contributed by atoms with Crippen molar-refractivity contribution in [1.82, 2.24) is 9.97 Å². The van der Waals surface area contributed by atoms with Crippen LogP contribution in [-0.2, 0) is 0 Å². The molecule has 0 saturated heterocycles. The van der Waals surface area contributed by atoms with Gasteiger partial charge in [0, 0.05) is 23.0 Å². The van der Waals surface area contributed by atoms with E-state index in [0.29, 0.717) is 6.61 Å². The van der Waals surface area contributed by atoms with Gasteiger partial charge in [-0.25, -0.2) is 9.97 Å². The first-order valence-corrected chi connectivity index (χ1v) is 6.40. The number of nitrogens with zero attached hydrogens (tertiary/aromatic N) is 2. The van der Waals surface area contributed by atoms with Crippen LogP contribution in [0, 0.1) is 6.92 Å². The van der Waals surface area contributed by atoms with Crippen molar-refractivity contribution in [2.24, 2.45) is 0 Å². The highest BCUT2D eigenvalue weighted by Crippen LogP contribution is 2.36. The molecule has 19 heavy (non-hydrogen) atoms. The summed E-state index contributed by atoms with van der Waals surface area (Å²) in [6, 6.07) is 7.97. The number of benzene rings is 1. The molecule has 1 aromatic carbocycles. The Hall–Kier alpha value is -1.94. The van der Waals surface area contributed by atoms with Crippen molar-refractivity contribution < 1.29 is 9.84 Å². The highest BCUT2D eigenvalue weighted by atomic mass is 16.5. The van der Waals surface area contributed by atoms with Gasteiger partial charge in [0.1, 0.15) is 18.2 Å². The Bertz CT molecular complexity index is 611. The van der Waals surface area contributed by atoms with Crippen LogP contribution in [0.25, 0.3) is 0 Å². The summed E-state index contributed by atoms with van der Waals surface area (Å²) in [4.78, 5) is 8.91. The average Bonchev–Trinajstić information content (AvgIpc) is 2.82. The molecule has 0 fully saturated rings. The summed E-state index contributed by atoms with van der Waals surface area (Å²) >= 11 is 0. The van der Waals surface area contributed by atoms with Crippen molar-refractivity contribution >= 4 is 0 Å². The van der Waals surface area contributed by atoms with Crippen LogP contribution in [0.5, 0.6) is 5.75 Å². The number of aryl methyl sites for hydroxylation is 1. The Kier molecular flexibility index (Phi) is 2.95. The Balaban J connectivity index is 1.99. The van der Waals surface area contributed by atoms with Crippen LogP contribution < -0.4 is 4.74 Å². The van der Waals surface area contributed by atoms with Gasteiger partial charge in [0.05, 0.1) is 12.0 Å². The third-order valence-electron chi connectivity index (χ3n) is 3.50. The molecule has 98 valence electrons. The minimum absolute atomic E-state index is 0.0814. The van der Waals surface area contributed by atoms with E-state index in [1.807, 2.05) is 31.2 Å². The van der Waals surface area contributed by atoms with Crippen LogP contribution in [0.4, 0.5) is 0 Å². The van der Waals surface area contributed by atoms with E-state index in [0.717, 1.165) is 28.4 Å². The highest BCUT2D eigenvalue weighted by Gasteiger charge is 2.27. The number of hydrogen-bond donors (Lipinski definition) is 1. The molecule has 0 saturated carbocycles. The number of ether oxygens (including phenoxy) is 1. The van der Waals surface area contributed by atoms with Crippen molar-refractivity contribution in [2.75, 3.05) is 6.61 Å². The smallest absolute Gasteiger partial charge is 0.139 e. The number of para-hydroxylation sites is 1. The van der Waals surface area contributed by atoms with Gasteiger partial charge in [-0.3, -0.25) is 0 Å². The van der Waals surface area contributed by atoms with Crippen molar-refractivity contribution in [1.29, 1.82) is 0 Å². The minimum Gasteiger partial charge on any atom is -0.492 e. The van der Waals surface area contributed by atoms with E-state index in [1.54, 1.807) is 13.1 Å². The molecule has 0 bridgehead atoms. The van der Waals surface area contributed by atoms with Gasteiger partial charge in [0.2, 0.25) is 0 Å². The first-order chi connectivity index (χ1) is 9.16. The fourth-order valence-corrected chi connectivity index (χ4v) is 2.45. The van der Waals surface area contributed by atoms with Crippen molar-refractivity contribution in [3.8, 4) is 5.75 Å². The molecule has 3 rings (SSSR count). The van der Waals surface area contributed by atoms with Crippen molar-refractivity contribution in [3.05, 3.63) is 53.1 Å². The molecule has 1 aliphatic heterocycles. The SMILES string of the molecule is Cc1nc(C2COc3ccccc32)ncc1C(C)O. The number of hydrogen-bond acceptors (Lipinski definition) is 4. The van der Waals surface area contributed by atoms with Gasteiger partial charge < -0.3 is 9.84 Å². The first kappa shape index (κ1) is 12.1. The number of aliphatic hydroxyl groups excluding tert-OH is 1. The lowest BCUT2D eigenvalue weighted by atomic mass is 10.00. The molecular weight excluding hydrogens is 240 g/mol. The molecule has 4 nitrogen and oxygen atoms in total. The molecule has 1 aromatic heterocycles. The van der Waals surface area contributed by atoms with Gasteiger partial charge in [0.25, 0.3) is 0 Å². The number of fused-ring (bicyclic) bond motifs is 1. The molecular formula is C15H16N2O2. The first-order valence-electron chi connectivity index (χ1n) is 6.40. The zero-order valence-electron chi connectivity index (χ0n) is 11.0. The minimum atomic E-state index is -0.541. The zero-order valence-corrected chi connectivity index (χ0v) is 11.0. The average molecular weight is 256 g/mol. The molecule has 0 amide bonds. The molecule has 2 unspecified atom stereocenters. The van der Waals surface area contributed by atoms with Crippen LogP contribution in [0.1, 0.15) is 41.6 Å².